The molecule has 2 aromatic rings. The lowest BCUT2D eigenvalue weighted by atomic mass is 10.2. The van der Waals surface area contributed by atoms with Crippen LogP contribution in [0.5, 0.6) is 0 Å². The van der Waals surface area contributed by atoms with Gasteiger partial charge in [0.25, 0.3) is 5.91 Å². The molecule has 0 saturated heterocycles. The van der Waals surface area contributed by atoms with E-state index in [-0.39, 0.29) is 5.91 Å². The van der Waals surface area contributed by atoms with Crippen LogP contribution in [0.1, 0.15) is 42.6 Å². The molecule has 0 radical (unpaired) electrons. The summed E-state index contributed by atoms with van der Waals surface area (Å²) < 4.78 is 0. The maximum atomic E-state index is 12.0. The average Bonchev–Trinajstić information content (AvgIpc) is 2.61. The first-order valence-corrected chi connectivity index (χ1v) is 8.13. The summed E-state index contributed by atoms with van der Waals surface area (Å²) in [6, 6.07) is 10.2. The topological polar surface area (TPSA) is 58.1 Å². The minimum Gasteiger partial charge on any atom is -0.352 e. The van der Waals surface area contributed by atoms with E-state index in [1.165, 1.54) is 5.56 Å². The molecule has 2 rings (SSSR count). The first-order valence-electron chi connectivity index (χ1n) is 8.13. The van der Waals surface area contributed by atoms with Crippen LogP contribution >= 0.6 is 0 Å². The fraction of sp³-hybridized carbons (Fsp3) is 0.389. The van der Waals surface area contributed by atoms with E-state index in [9.17, 15) is 4.79 Å². The zero-order chi connectivity index (χ0) is 16.5. The van der Waals surface area contributed by atoms with Crippen molar-refractivity contribution in [2.24, 2.45) is 0 Å². The van der Waals surface area contributed by atoms with E-state index in [4.69, 9.17) is 0 Å². The number of aromatic nitrogens is 2. The van der Waals surface area contributed by atoms with Crippen LogP contribution in [0.25, 0.3) is 0 Å². The van der Waals surface area contributed by atoms with Crippen LogP contribution in [-0.2, 0) is 6.54 Å². The van der Waals surface area contributed by atoms with Crippen LogP contribution in [0.4, 0.5) is 5.95 Å². The molecule has 0 aliphatic heterocycles. The van der Waals surface area contributed by atoms with Crippen LogP contribution in [-0.4, -0.2) is 29.0 Å². The normalized spacial score (nSPS) is 10.3. The molecule has 1 amide bonds. The maximum absolute atomic E-state index is 12.0. The highest BCUT2D eigenvalue weighted by Gasteiger charge is 2.11. The van der Waals surface area contributed by atoms with Crippen LogP contribution in [0.2, 0.25) is 0 Å². The van der Waals surface area contributed by atoms with E-state index in [1.807, 2.05) is 18.2 Å². The van der Waals surface area contributed by atoms with Crippen molar-refractivity contribution in [2.45, 2.75) is 33.2 Å². The first-order chi connectivity index (χ1) is 11.2. The number of unbranched alkanes of at least 4 members (excludes halogenated alkanes) is 1. The minimum absolute atomic E-state index is 0.115. The maximum Gasteiger partial charge on any atom is 0.254 e. The molecule has 0 spiro atoms. The molecule has 1 aromatic carbocycles. The van der Waals surface area contributed by atoms with Gasteiger partial charge < -0.3 is 10.2 Å². The highest BCUT2D eigenvalue weighted by molar-refractivity contribution is 5.93. The van der Waals surface area contributed by atoms with Crippen LogP contribution in [0.15, 0.2) is 42.7 Å². The highest BCUT2D eigenvalue weighted by Crippen LogP contribution is 2.12. The number of hydrogen-bond donors (Lipinski definition) is 1. The molecular weight excluding hydrogens is 288 g/mol. The van der Waals surface area contributed by atoms with Crippen molar-refractivity contribution >= 4 is 11.9 Å². The van der Waals surface area contributed by atoms with E-state index < -0.39 is 0 Å². The zero-order valence-electron chi connectivity index (χ0n) is 13.8. The Hall–Kier alpha value is -2.43. The molecule has 0 atom stereocenters. The second-order valence-corrected chi connectivity index (χ2v) is 5.38. The molecule has 0 unspecified atom stereocenters. The summed E-state index contributed by atoms with van der Waals surface area (Å²) in [5, 5.41) is 2.87. The quantitative estimate of drug-likeness (QED) is 0.761. The number of nitrogens with one attached hydrogen (secondary N) is 1. The number of carbonyl (C=O) groups is 1. The Morgan fingerprint density at radius 2 is 1.83 bits per heavy atom. The van der Waals surface area contributed by atoms with Crippen LogP contribution < -0.4 is 10.2 Å². The molecular formula is C18H24N4O. The molecule has 5 nitrogen and oxygen atoms in total. The van der Waals surface area contributed by atoms with Gasteiger partial charge in [0, 0.05) is 32.0 Å². The molecule has 0 bridgehead atoms. The summed E-state index contributed by atoms with van der Waals surface area (Å²) in [7, 11) is 0. The lowest BCUT2D eigenvalue weighted by Crippen LogP contribution is -2.26. The number of amides is 1. The third-order valence-corrected chi connectivity index (χ3v) is 3.60. The van der Waals surface area contributed by atoms with Crippen LogP contribution in [0, 0.1) is 0 Å². The number of hydrogen-bond acceptors (Lipinski definition) is 4. The lowest BCUT2D eigenvalue weighted by molar-refractivity contribution is 0.0952. The van der Waals surface area contributed by atoms with Crippen molar-refractivity contribution in [3.05, 3.63) is 53.9 Å². The van der Waals surface area contributed by atoms with Gasteiger partial charge in [-0.15, -0.1) is 0 Å². The lowest BCUT2D eigenvalue weighted by Gasteiger charge is -2.20. The van der Waals surface area contributed by atoms with Crippen molar-refractivity contribution in [1.29, 1.82) is 0 Å². The Balaban J connectivity index is 2.00. The smallest absolute Gasteiger partial charge is 0.254 e. The second kappa shape index (κ2) is 8.88. The Morgan fingerprint density at radius 1 is 1.13 bits per heavy atom. The minimum atomic E-state index is -0.115. The molecule has 23 heavy (non-hydrogen) atoms. The van der Waals surface area contributed by atoms with E-state index in [1.54, 1.807) is 12.4 Å². The van der Waals surface area contributed by atoms with Crippen molar-refractivity contribution in [1.82, 2.24) is 15.3 Å². The van der Waals surface area contributed by atoms with E-state index in [2.05, 4.69) is 46.2 Å². The molecule has 0 fully saturated rings. The zero-order valence-corrected chi connectivity index (χ0v) is 13.8. The monoisotopic (exact) mass is 312 g/mol. The molecule has 1 aromatic heterocycles. The van der Waals surface area contributed by atoms with Gasteiger partial charge in [0.05, 0.1) is 5.56 Å². The van der Waals surface area contributed by atoms with Crippen molar-refractivity contribution < 1.29 is 4.79 Å². The van der Waals surface area contributed by atoms with Gasteiger partial charge in [-0.2, -0.15) is 0 Å². The molecule has 0 aliphatic carbocycles. The second-order valence-electron chi connectivity index (χ2n) is 5.38. The van der Waals surface area contributed by atoms with E-state index in [0.717, 1.165) is 25.9 Å². The summed E-state index contributed by atoms with van der Waals surface area (Å²) in [5.41, 5.74) is 1.71. The predicted molar refractivity (Wildman–Crippen MR) is 92.4 cm³/mol. The Morgan fingerprint density at radius 3 is 2.43 bits per heavy atom. The molecule has 0 aliphatic rings. The molecule has 5 heteroatoms. The third kappa shape index (κ3) is 5.06. The fourth-order valence-corrected chi connectivity index (χ4v) is 2.21. The van der Waals surface area contributed by atoms with Crippen molar-refractivity contribution in [3.8, 4) is 0 Å². The summed E-state index contributed by atoms with van der Waals surface area (Å²) >= 11 is 0. The number of rotatable bonds is 8. The van der Waals surface area contributed by atoms with Gasteiger partial charge in [-0.25, -0.2) is 9.97 Å². The Kier molecular flexibility index (Phi) is 6.54. The van der Waals surface area contributed by atoms with Gasteiger partial charge >= 0.3 is 0 Å². The van der Waals surface area contributed by atoms with Crippen molar-refractivity contribution in [3.63, 3.8) is 0 Å². The van der Waals surface area contributed by atoms with Gasteiger partial charge in [-0.05, 0) is 18.9 Å². The average molecular weight is 312 g/mol. The SMILES string of the molecule is CCCCNC(=O)c1cnc(N(CC)Cc2ccccc2)nc1. The van der Waals surface area contributed by atoms with Gasteiger partial charge in [0.15, 0.2) is 0 Å². The van der Waals surface area contributed by atoms with Gasteiger partial charge in [0.1, 0.15) is 0 Å². The Labute approximate surface area is 137 Å². The number of carbonyl (C=O) groups excluding carboxylic acids is 1. The first kappa shape index (κ1) is 16.9. The van der Waals surface area contributed by atoms with Crippen LogP contribution in [0.3, 0.4) is 0 Å². The summed E-state index contributed by atoms with van der Waals surface area (Å²) in [4.78, 5) is 22.7. The summed E-state index contributed by atoms with van der Waals surface area (Å²) in [6.07, 6.45) is 5.22. The predicted octanol–water partition coefficient (Wildman–Crippen LogP) is 3.03. The number of benzene rings is 1. The Bertz CT molecular complexity index is 598. The van der Waals surface area contributed by atoms with Gasteiger partial charge in [-0.1, -0.05) is 43.7 Å². The number of nitrogens with zero attached hydrogens (tertiary/aromatic N) is 3. The van der Waals surface area contributed by atoms with E-state index in [0.29, 0.717) is 18.1 Å². The largest absolute Gasteiger partial charge is 0.352 e. The summed E-state index contributed by atoms with van der Waals surface area (Å²) in [6.45, 7) is 6.40. The van der Waals surface area contributed by atoms with E-state index >= 15 is 0 Å². The third-order valence-electron chi connectivity index (χ3n) is 3.60. The molecule has 0 saturated carbocycles. The van der Waals surface area contributed by atoms with Crippen molar-refractivity contribution in [2.75, 3.05) is 18.0 Å². The number of anilines is 1. The summed E-state index contributed by atoms with van der Waals surface area (Å²) in [5.74, 6) is 0.526. The fourth-order valence-electron chi connectivity index (χ4n) is 2.21. The highest BCUT2D eigenvalue weighted by atomic mass is 16.1. The molecule has 1 N–H and O–H groups in total. The molecule has 1 heterocycles. The standard InChI is InChI=1S/C18H24N4O/c1-3-5-11-19-17(23)16-12-20-18(21-13-16)22(4-2)14-15-9-7-6-8-10-15/h6-10,12-13H,3-5,11,14H2,1-2H3,(H,19,23). The molecule has 122 valence electrons. The van der Waals surface area contributed by atoms with Gasteiger partial charge in [-0.3, -0.25) is 4.79 Å². The van der Waals surface area contributed by atoms with Gasteiger partial charge in [0.2, 0.25) is 5.95 Å².